The lowest BCUT2D eigenvalue weighted by Gasteiger charge is -2.17. The molecule has 1 heterocycles. The minimum atomic E-state index is -0.807. The zero-order valence-corrected chi connectivity index (χ0v) is 19.2. The van der Waals surface area contributed by atoms with E-state index in [2.05, 4.69) is 10.3 Å². The van der Waals surface area contributed by atoms with Crippen LogP contribution in [0.15, 0.2) is 102 Å². The van der Waals surface area contributed by atoms with Crippen LogP contribution in [0.4, 0.5) is 0 Å². The van der Waals surface area contributed by atoms with Crippen molar-refractivity contribution in [3.05, 3.63) is 114 Å². The molecule has 4 aromatic rings. The summed E-state index contributed by atoms with van der Waals surface area (Å²) in [4.78, 5) is 29.8. The molecular weight excluding hydrogens is 448 g/mol. The van der Waals surface area contributed by atoms with Crippen LogP contribution in [-0.4, -0.2) is 28.7 Å². The summed E-state index contributed by atoms with van der Waals surface area (Å²) in [5.41, 5.74) is 2.46. The Morgan fingerprint density at radius 2 is 1.56 bits per heavy atom. The predicted octanol–water partition coefficient (Wildman–Crippen LogP) is 5.12. The average molecular weight is 473 g/mol. The van der Waals surface area contributed by atoms with E-state index in [1.807, 2.05) is 66.7 Å². The van der Waals surface area contributed by atoms with Gasteiger partial charge in [-0.2, -0.15) is 11.8 Å². The number of carbonyl (C=O) groups excluding carboxylic acids is 2. The predicted molar refractivity (Wildman–Crippen MR) is 132 cm³/mol. The van der Waals surface area contributed by atoms with Crippen molar-refractivity contribution in [3.63, 3.8) is 0 Å². The molecule has 34 heavy (non-hydrogen) atoms. The Labute approximate surface area is 202 Å². The van der Waals surface area contributed by atoms with Crippen molar-refractivity contribution in [1.29, 1.82) is 0 Å². The largest absolute Gasteiger partial charge is 0.456 e. The summed E-state index contributed by atoms with van der Waals surface area (Å²) in [6.45, 7) is -0.0697. The minimum absolute atomic E-state index is 0.0697. The maximum atomic E-state index is 12.9. The molecule has 0 bridgehead atoms. The van der Waals surface area contributed by atoms with E-state index in [1.54, 1.807) is 36.0 Å². The lowest BCUT2D eigenvalue weighted by molar-refractivity contribution is -0.147. The van der Waals surface area contributed by atoms with Gasteiger partial charge in [0.15, 0.2) is 12.4 Å². The summed E-state index contributed by atoms with van der Waals surface area (Å²) in [5.74, 6) is 1.12. The fourth-order valence-electron chi connectivity index (χ4n) is 3.20. The van der Waals surface area contributed by atoms with Gasteiger partial charge >= 0.3 is 5.97 Å². The number of benzene rings is 3. The van der Waals surface area contributed by atoms with E-state index in [0.29, 0.717) is 28.7 Å². The van der Waals surface area contributed by atoms with Gasteiger partial charge in [-0.3, -0.25) is 4.79 Å². The maximum absolute atomic E-state index is 12.9. The molecule has 172 valence electrons. The number of oxazole rings is 1. The van der Waals surface area contributed by atoms with Crippen molar-refractivity contribution in [2.75, 3.05) is 5.75 Å². The molecule has 0 aliphatic rings. The van der Waals surface area contributed by atoms with E-state index in [0.717, 1.165) is 11.1 Å². The van der Waals surface area contributed by atoms with Crippen molar-refractivity contribution in [1.82, 2.24) is 10.3 Å². The first-order valence-corrected chi connectivity index (χ1v) is 12.0. The van der Waals surface area contributed by atoms with Gasteiger partial charge in [-0.25, -0.2) is 9.78 Å². The third kappa shape index (κ3) is 6.59. The Kier molecular flexibility index (Phi) is 8.13. The highest BCUT2D eigenvalue weighted by molar-refractivity contribution is 7.98. The molecule has 7 heteroatoms. The van der Waals surface area contributed by atoms with Crippen LogP contribution in [0.25, 0.3) is 11.5 Å². The lowest BCUT2D eigenvalue weighted by Crippen LogP contribution is -2.43. The number of aromatic nitrogens is 1. The molecule has 1 aromatic heterocycles. The van der Waals surface area contributed by atoms with Crippen LogP contribution in [0.5, 0.6) is 0 Å². The summed E-state index contributed by atoms with van der Waals surface area (Å²) >= 11 is 1.55. The quantitative estimate of drug-likeness (QED) is 0.323. The Bertz CT molecular complexity index is 1200. The van der Waals surface area contributed by atoms with Crippen LogP contribution in [0.2, 0.25) is 0 Å². The van der Waals surface area contributed by atoms with Crippen LogP contribution in [0.1, 0.15) is 21.7 Å². The van der Waals surface area contributed by atoms with Crippen molar-refractivity contribution < 1.29 is 18.7 Å². The number of amides is 1. The molecule has 0 fully saturated rings. The standard InChI is InChI=1S/C27H24N2O4S/c30-25(21-12-6-2-7-13-21)29-24(19-34-18-20-10-4-1-5-11-20)27(31)32-17-23-16-28-26(33-23)22-14-8-3-9-15-22/h1-16,24H,17-19H2,(H,29,30)/t24-/m1/s1. The zero-order chi connectivity index (χ0) is 23.6. The highest BCUT2D eigenvalue weighted by Crippen LogP contribution is 2.19. The average Bonchev–Trinajstić information content (AvgIpc) is 3.37. The van der Waals surface area contributed by atoms with E-state index >= 15 is 0 Å². The molecule has 0 radical (unpaired) electrons. The smallest absolute Gasteiger partial charge is 0.329 e. The second kappa shape index (κ2) is 11.9. The molecule has 0 aliphatic carbocycles. The molecule has 1 N–H and O–H groups in total. The van der Waals surface area contributed by atoms with Crippen molar-refractivity contribution in [2.24, 2.45) is 0 Å². The first-order chi connectivity index (χ1) is 16.7. The fourth-order valence-corrected chi connectivity index (χ4v) is 4.20. The van der Waals surface area contributed by atoms with Gasteiger partial charge in [-0.05, 0) is 29.8 Å². The first-order valence-electron chi connectivity index (χ1n) is 10.8. The van der Waals surface area contributed by atoms with Crippen LogP contribution in [0.3, 0.4) is 0 Å². The second-order valence-electron chi connectivity index (χ2n) is 7.50. The topological polar surface area (TPSA) is 81.4 Å². The van der Waals surface area contributed by atoms with E-state index in [9.17, 15) is 9.59 Å². The van der Waals surface area contributed by atoms with Crippen molar-refractivity contribution in [2.45, 2.75) is 18.4 Å². The highest BCUT2D eigenvalue weighted by atomic mass is 32.2. The number of esters is 1. The molecule has 0 aliphatic heterocycles. The minimum Gasteiger partial charge on any atom is -0.456 e. The van der Waals surface area contributed by atoms with Gasteiger partial charge in [0, 0.05) is 22.6 Å². The van der Waals surface area contributed by atoms with Gasteiger partial charge in [0.2, 0.25) is 5.89 Å². The highest BCUT2D eigenvalue weighted by Gasteiger charge is 2.23. The van der Waals surface area contributed by atoms with Crippen molar-refractivity contribution in [3.8, 4) is 11.5 Å². The SMILES string of the molecule is O=C(N[C@H](CSCc1ccccc1)C(=O)OCc1cnc(-c2ccccc2)o1)c1ccccc1. The molecule has 1 atom stereocenters. The van der Waals surface area contributed by atoms with Crippen LogP contribution < -0.4 is 5.32 Å². The molecule has 0 saturated heterocycles. The third-order valence-electron chi connectivity index (χ3n) is 4.95. The van der Waals surface area contributed by atoms with Crippen LogP contribution in [0, 0.1) is 0 Å². The van der Waals surface area contributed by atoms with E-state index in [-0.39, 0.29) is 12.5 Å². The normalized spacial score (nSPS) is 11.5. The number of carbonyl (C=O) groups is 2. The number of hydrogen-bond acceptors (Lipinski definition) is 6. The number of hydrogen-bond donors (Lipinski definition) is 1. The number of nitrogens with zero attached hydrogens (tertiary/aromatic N) is 1. The van der Waals surface area contributed by atoms with Gasteiger partial charge in [0.1, 0.15) is 6.04 Å². The molecule has 4 rings (SSSR count). The maximum Gasteiger partial charge on any atom is 0.329 e. The second-order valence-corrected chi connectivity index (χ2v) is 8.53. The Morgan fingerprint density at radius 1 is 0.912 bits per heavy atom. The Balaban J connectivity index is 1.38. The van der Waals surface area contributed by atoms with Crippen LogP contribution >= 0.6 is 11.8 Å². The summed E-state index contributed by atoms with van der Waals surface area (Å²) in [6.07, 6.45) is 1.54. The number of ether oxygens (including phenoxy) is 1. The summed E-state index contributed by atoms with van der Waals surface area (Å²) in [7, 11) is 0. The molecule has 0 unspecified atom stereocenters. The molecule has 3 aromatic carbocycles. The fraction of sp³-hybridized carbons (Fsp3) is 0.148. The summed E-state index contributed by atoms with van der Waals surface area (Å²) in [6, 6.07) is 27.4. The Morgan fingerprint density at radius 3 is 2.26 bits per heavy atom. The van der Waals surface area contributed by atoms with Crippen LogP contribution in [-0.2, 0) is 21.9 Å². The van der Waals surface area contributed by atoms with Gasteiger partial charge < -0.3 is 14.5 Å². The number of rotatable bonds is 10. The van der Waals surface area contributed by atoms with Gasteiger partial charge in [0.05, 0.1) is 6.20 Å². The van der Waals surface area contributed by atoms with Gasteiger partial charge in [0.25, 0.3) is 5.91 Å². The van der Waals surface area contributed by atoms with E-state index < -0.39 is 12.0 Å². The zero-order valence-electron chi connectivity index (χ0n) is 18.4. The van der Waals surface area contributed by atoms with Gasteiger partial charge in [-0.1, -0.05) is 66.7 Å². The molecule has 1 amide bonds. The molecule has 6 nitrogen and oxygen atoms in total. The van der Waals surface area contributed by atoms with Crippen molar-refractivity contribution >= 4 is 23.6 Å². The summed E-state index contributed by atoms with van der Waals surface area (Å²) in [5, 5.41) is 2.81. The molecule has 0 spiro atoms. The third-order valence-corrected chi connectivity index (χ3v) is 6.06. The van der Waals surface area contributed by atoms with E-state index in [1.165, 1.54) is 6.20 Å². The number of thioether (sulfide) groups is 1. The summed E-state index contributed by atoms with van der Waals surface area (Å²) < 4.78 is 11.2. The first kappa shape index (κ1) is 23.3. The number of nitrogens with one attached hydrogen (secondary N) is 1. The molecular formula is C27H24N2O4S. The van der Waals surface area contributed by atoms with Gasteiger partial charge in [-0.15, -0.1) is 0 Å². The molecule has 0 saturated carbocycles. The Hall–Kier alpha value is -3.84. The van der Waals surface area contributed by atoms with E-state index in [4.69, 9.17) is 9.15 Å². The lowest BCUT2D eigenvalue weighted by atomic mass is 10.2. The monoisotopic (exact) mass is 472 g/mol.